The summed E-state index contributed by atoms with van der Waals surface area (Å²) in [7, 11) is -4.10. The fourth-order valence-corrected chi connectivity index (χ4v) is 3.69. The number of hydrogen-bond donors (Lipinski definition) is 2. The van der Waals surface area contributed by atoms with E-state index in [2.05, 4.69) is 0 Å². The number of rotatable bonds is 5. The van der Waals surface area contributed by atoms with Gasteiger partial charge in [0.05, 0.1) is 12.3 Å². The highest BCUT2D eigenvalue weighted by Gasteiger charge is 2.30. The van der Waals surface area contributed by atoms with Gasteiger partial charge in [-0.25, -0.2) is 12.8 Å². The fourth-order valence-electron chi connectivity index (χ4n) is 1.65. The third-order valence-corrected chi connectivity index (χ3v) is 4.81. The summed E-state index contributed by atoms with van der Waals surface area (Å²) >= 11 is 5.71. The Morgan fingerprint density at radius 2 is 2.05 bits per heavy atom. The van der Waals surface area contributed by atoms with Crippen molar-refractivity contribution in [3.63, 3.8) is 0 Å². The van der Waals surface area contributed by atoms with E-state index in [1.807, 2.05) is 0 Å². The molecular formula is C11H16ClFN2O3S. The average Bonchev–Trinajstić information content (AvgIpc) is 2.29. The molecule has 108 valence electrons. The van der Waals surface area contributed by atoms with Crippen LogP contribution in [0.5, 0.6) is 0 Å². The molecule has 0 aliphatic rings. The van der Waals surface area contributed by atoms with E-state index in [1.165, 1.54) is 0 Å². The third-order valence-electron chi connectivity index (χ3n) is 2.52. The van der Waals surface area contributed by atoms with E-state index in [9.17, 15) is 12.8 Å². The van der Waals surface area contributed by atoms with Crippen LogP contribution in [0, 0.1) is 5.82 Å². The first-order valence-corrected chi connectivity index (χ1v) is 7.40. The SMILES string of the molecule is CC(C)N(CCO)S(=O)(=O)c1cc(Cl)cc(N)c1F. The van der Waals surface area contributed by atoms with Crippen LogP contribution in [0.2, 0.25) is 5.02 Å². The van der Waals surface area contributed by atoms with E-state index >= 15 is 0 Å². The zero-order valence-corrected chi connectivity index (χ0v) is 12.2. The van der Waals surface area contributed by atoms with Crippen LogP contribution in [0.3, 0.4) is 0 Å². The molecule has 8 heteroatoms. The quantitative estimate of drug-likeness (QED) is 0.806. The number of nitrogens with zero attached hydrogens (tertiary/aromatic N) is 1. The first-order chi connectivity index (χ1) is 8.71. The van der Waals surface area contributed by atoms with Gasteiger partial charge < -0.3 is 10.8 Å². The molecule has 0 atom stereocenters. The van der Waals surface area contributed by atoms with Gasteiger partial charge in [-0.1, -0.05) is 11.6 Å². The van der Waals surface area contributed by atoms with Gasteiger partial charge in [-0.15, -0.1) is 0 Å². The van der Waals surface area contributed by atoms with Crippen molar-refractivity contribution in [2.45, 2.75) is 24.8 Å². The van der Waals surface area contributed by atoms with Crippen molar-refractivity contribution in [1.29, 1.82) is 0 Å². The second-order valence-electron chi connectivity index (χ2n) is 4.24. The Balaban J connectivity index is 3.41. The highest BCUT2D eigenvalue weighted by atomic mass is 35.5. The number of anilines is 1. The zero-order chi connectivity index (χ0) is 14.8. The minimum atomic E-state index is -4.10. The van der Waals surface area contributed by atoms with Crippen LogP contribution in [0.1, 0.15) is 13.8 Å². The maximum Gasteiger partial charge on any atom is 0.246 e. The molecular weight excluding hydrogens is 295 g/mol. The molecule has 0 saturated heterocycles. The van der Waals surface area contributed by atoms with Crippen molar-refractivity contribution < 1.29 is 17.9 Å². The van der Waals surface area contributed by atoms with E-state index in [4.69, 9.17) is 22.4 Å². The predicted molar refractivity (Wildman–Crippen MR) is 71.9 cm³/mol. The van der Waals surface area contributed by atoms with E-state index in [1.54, 1.807) is 13.8 Å². The van der Waals surface area contributed by atoms with Crippen LogP contribution in [-0.4, -0.2) is 37.0 Å². The summed E-state index contributed by atoms with van der Waals surface area (Å²) in [4.78, 5) is -0.584. The van der Waals surface area contributed by atoms with Crippen LogP contribution in [-0.2, 0) is 10.0 Å². The molecule has 0 radical (unpaired) electrons. The number of halogens is 2. The second kappa shape index (κ2) is 6.04. The first kappa shape index (κ1) is 16.2. The molecule has 1 aromatic rings. The molecule has 0 amide bonds. The normalized spacial score (nSPS) is 12.4. The Labute approximate surface area is 116 Å². The maximum atomic E-state index is 13.9. The molecule has 3 N–H and O–H groups in total. The van der Waals surface area contributed by atoms with Gasteiger partial charge in [0.15, 0.2) is 5.82 Å². The van der Waals surface area contributed by atoms with Crippen LogP contribution in [0.4, 0.5) is 10.1 Å². The number of aliphatic hydroxyl groups is 1. The average molecular weight is 311 g/mol. The molecule has 0 aliphatic carbocycles. The Hall–Kier alpha value is -0.890. The van der Waals surface area contributed by atoms with Crippen molar-refractivity contribution in [1.82, 2.24) is 4.31 Å². The van der Waals surface area contributed by atoms with Gasteiger partial charge >= 0.3 is 0 Å². The highest BCUT2D eigenvalue weighted by Crippen LogP contribution is 2.28. The minimum Gasteiger partial charge on any atom is -0.396 e. The van der Waals surface area contributed by atoms with Gasteiger partial charge in [-0.2, -0.15) is 4.31 Å². The molecule has 0 aromatic heterocycles. The van der Waals surface area contributed by atoms with Gasteiger partial charge in [0.25, 0.3) is 0 Å². The number of benzene rings is 1. The third kappa shape index (κ3) is 3.36. The van der Waals surface area contributed by atoms with E-state index in [0.717, 1.165) is 16.4 Å². The molecule has 1 aromatic carbocycles. The van der Waals surface area contributed by atoms with Crippen molar-refractivity contribution >= 4 is 27.3 Å². The van der Waals surface area contributed by atoms with E-state index in [-0.39, 0.29) is 23.9 Å². The largest absolute Gasteiger partial charge is 0.396 e. The molecule has 0 bridgehead atoms. The molecule has 0 fully saturated rings. The van der Waals surface area contributed by atoms with Crippen LogP contribution < -0.4 is 5.73 Å². The summed E-state index contributed by atoms with van der Waals surface area (Å²) in [6.45, 7) is 2.75. The van der Waals surface area contributed by atoms with Crippen molar-refractivity contribution in [2.24, 2.45) is 0 Å². The highest BCUT2D eigenvalue weighted by molar-refractivity contribution is 7.89. The Kier molecular flexibility index (Phi) is 5.14. The van der Waals surface area contributed by atoms with Crippen LogP contribution >= 0.6 is 11.6 Å². The molecule has 0 heterocycles. The Morgan fingerprint density at radius 3 is 2.53 bits per heavy atom. The molecule has 0 unspecified atom stereocenters. The Morgan fingerprint density at radius 1 is 1.47 bits per heavy atom. The lowest BCUT2D eigenvalue weighted by molar-refractivity contribution is 0.236. The lowest BCUT2D eigenvalue weighted by Gasteiger charge is -2.25. The number of nitrogens with two attached hydrogens (primary N) is 1. The first-order valence-electron chi connectivity index (χ1n) is 5.59. The van der Waals surface area contributed by atoms with Gasteiger partial charge in [0.2, 0.25) is 10.0 Å². The standard InChI is InChI=1S/C11H16ClFN2O3S/c1-7(2)15(3-4-16)19(17,18)10-6-8(12)5-9(14)11(10)13/h5-7,16H,3-4,14H2,1-2H3. The molecule has 0 saturated carbocycles. The van der Waals surface area contributed by atoms with Crippen molar-refractivity contribution in [3.8, 4) is 0 Å². The summed E-state index contributed by atoms with van der Waals surface area (Å²) < 4.78 is 39.6. The summed E-state index contributed by atoms with van der Waals surface area (Å²) in [5.41, 5.74) is 5.04. The summed E-state index contributed by atoms with van der Waals surface area (Å²) in [5.74, 6) is -1.03. The topological polar surface area (TPSA) is 83.6 Å². The summed E-state index contributed by atoms with van der Waals surface area (Å²) in [5, 5.41) is 8.96. The maximum absolute atomic E-state index is 13.9. The van der Waals surface area contributed by atoms with E-state index < -0.39 is 26.8 Å². The number of nitrogen functional groups attached to an aromatic ring is 1. The van der Waals surface area contributed by atoms with Crippen LogP contribution in [0.15, 0.2) is 17.0 Å². The van der Waals surface area contributed by atoms with Gasteiger partial charge in [0, 0.05) is 17.6 Å². The van der Waals surface area contributed by atoms with Crippen LogP contribution in [0.25, 0.3) is 0 Å². The van der Waals surface area contributed by atoms with Gasteiger partial charge in [-0.05, 0) is 26.0 Å². The number of aliphatic hydroxyl groups excluding tert-OH is 1. The molecule has 5 nitrogen and oxygen atoms in total. The number of hydrogen-bond acceptors (Lipinski definition) is 4. The monoisotopic (exact) mass is 310 g/mol. The van der Waals surface area contributed by atoms with Crippen molar-refractivity contribution in [2.75, 3.05) is 18.9 Å². The van der Waals surface area contributed by atoms with Crippen molar-refractivity contribution in [3.05, 3.63) is 23.0 Å². The van der Waals surface area contributed by atoms with E-state index in [0.29, 0.717) is 0 Å². The predicted octanol–water partition coefficient (Wildman–Crippen LogP) is 1.45. The summed E-state index contributed by atoms with van der Waals surface area (Å²) in [6, 6.07) is 1.72. The molecule has 1 rings (SSSR count). The molecule has 0 spiro atoms. The van der Waals surface area contributed by atoms with Gasteiger partial charge in [-0.3, -0.25) is 0 Å². The summed E-state index contributed by atoms with van der Waals surface area (Å²) in [6.07, 6.45) is 0. The fraction of sp³-hybridized carbons (Fsp3) is 0.455. The zero-order valence-electron chi connectivity index (χ0n) is 10.6. The lowest BCUT2D eigenvalue weighted by atomic mass is 10.3. The second-order valence-corrected chi connectivity index (χ2v) is 6.54. The smallest absolute Gasteiger partial charge is 0.246 e. The molecule has 0 aliphatic heterocycles. The minimum absolute atomic E-state index is 0.0326. The van der Waals surface area contributed by atoms with Gasteiger partial charge in [0.1, 0.15) is 4.90 Å². The Bertz CT molecular complexity index is 563. The number of sulfonamides is 1. The lowest BCUT2D eigenvalue weighted by Crippen LogP contribution is -2.39. The molecule has 19 heavy (non-hydrogen) atoms.